The minimum atomic E-state index is 0.763. The van der Waals surface area contributed by atoms with E-state index in [9.17, 15) is 0 Å². The van der Waals surface area contributed by atoms with Gasteiger partial charge < -0.3 is 0 Å². The largest absolute Gasteiger partial charge is 0.157 e. The van der Waals surface area contributed by atoms with Crippen molar-refractivity contribution >= 4 is 23.4 Å². The van der Waals surface area contributed by atoms with Crippen molar-refractivity contribution in [3.05, 3.63) is 34.9 Å². The first-order chi connectivity index (χ1) is 8.11. The molecule has 1 atom stereocenters. The Morgan fingerprint density at radius 1 is 1.12 bits per heavy atom. The maximum absolute atomic E-state index is 5.73. The monoisotopic (exact) mass is 270 g/mol. The Hall–Kier alpha value is -0.140. The maximum Gasteiger partial charge on any atom is 0.0225 e. The Balaban J connectivity index is 2.26. The molecule has 0 aliphatic carbocycles. The molecule has 2 heteroatoms. The van der Waals surface area contributed by atoms with Gasteiger partial charge in [-0.1, -0.05) is 36.2 Å². The van der Waals surface area contributed by atoms with Crippen molar-refractivity contribution in [3.63, 3.8) is 0 Å². The molecule has 0 saturated heterocycles. The van der Waals surface area contributed by atoms with Gasteiger partial charge in [-0.2, -0.15) is 11.8 Å². The zero-order valence-electron chi connectivity index (χ0n) is 11.1. The van der Waals surface area contributed by atoms with Gasteiger partial charge in [0.15, 0.2) is 0 Å². The number of hydrogen-bond acceptors (Lipinski definition) is 1. The summed E-state index contributed by atoms with van der Waals surface area (Å²) in [5, 5.41) is 0. The molecule has 1 aromatic rings. The molecule has 0 aliphatic heterocycles. The summed E-state index contributed by atoms with van der Waals surface area (Å²) in [6.45, 7) is 6.63. The number of hydrogen-bond donors (Lipinski definition) is 0. The van der Waals surface area contributed by atoms with E-state index in [1.54, 1.807) is 0 Å². The van der Waals surface area contributed by atoms with Crippen LogP contribution in [-0.2, 0) is 5.75 Å². The molecular formula is C15H23ClS. The van der Waals surface area contributed by atoms with Crippen molar-refractivity contribution in [1.82, 2.24) is 0 Å². The number of halogens is 1. The molecule has 0 saturated carbocycles. The van der Waals surface area contributed by atoms with Crippen LogP contribution in [0.5, 0.6) is 0 Å². The van der Waals surface area contributed by atoms with Crippen LogP contribution in [0.15, 0.2) is 18.2 Å². The first kappa shape index (κ1) is 14.9. The second kappa shape index (κ2) is 8.05. The Bertz CT molecular complexity index is 315. The number of aryl methyl sites for hydroxylation is 2. The van der Waals surface area contributed by atoms with Crippen molar-refractivity contribution in [3.8, 4) is 0 Å². The van der Waals surface area contributed by atoms with E-state index >= 15 is 0 Å². The molecule has 0 amide bonds. The first-order valence-corrected chi connectivity index (χ1v) is 8.01. The summed E-state index contributed by atoms with van der Waals surface area (Å²) in [5.74, 6) is 3.93. The zero-order valence-corrected chi connectivity index (χ0v) is 12.7. The molecule has 1 rings (SSSR count). The van der Waals surface area contributed by atoms with E-state index in [0.717, 1.165) is 24.0 Å². The predicted molar refractivity (Wildman–Crippen MR) is 81.2 cm³/mol. The molecule has 1 unspecified atom stereocenters. The summed E-state index contributed by atoms with van der Waals surface area (Å²) >= 11 is 7.77. The lowest BCUT2D eigenvalue weighted by atomic mass is 10.1. The minimum Gasteiger partial charge on any atom is -0.157 e. The van der Waals surface area contributed by atoms with Crippen LogP contribution < -0.4 is 0 Å². The van der Waals surface area contributed by atoms with Gasteiger partial charge in [-0.3, -0.25) is 0 Å². The standard InChI is InChI=1S/C15H23ClS/c1-12(4-6-16)5-7-17-11-15-9-13(2)8-14(3)10-15/h8-10,12H,4-7,11H2,1-3H3. The van der Waals surface area contributed by atoms with Crippen molar-refractivity contribution < 1.29 is 0 Å². The third-order valence-electron chi connectivity index (χ3n) is 2.91. The Kier molecular flexibility index (Phi) is 7.06. The van der Waals surface area contributed by atoms with Crippen molar-refractivity contribution in [2.45, 2.75) is 39.4 Å². The van der Waals surface area contributed by atoms with Crippen LogP contribution in [-0.4, -0.2) is 11.6 Å². The fourth-order valence-electron chi connectivity index (χ4n) is 1.96. The quantitative estimate of drug-likeness (QED) is 0.485. The summed E-state index contributed by atoms with van der Waals surface area (Å²) in [5.41, 5.74) is 4.20. The highest BCUT2D eigenvalue weighted by atomic mass is 35.5. The van der Waals surface area contributed by atoms with Crippen LogP contribution in [0.3, 0.4) is 0 Å². The molecule has 0 aliphatic rings. The molecule has 0 heterocycles. The third kappa shape index (κ3) is 6.38. The van der Waals surface area contributed by atoms with Crippen molar-refractivity contribution in [1.29, 1.82) is 0 Å². The van der Waals surface area contributed by atoms with Gasteiger partial charge >= 0.3 is 0 Å². The molecule has 0 spiro atoms. The van der Waals surface area contributed by atoms with Crippen LogP contribution in [0.1, 0.15) is 36.5 Å². The first-order valence-electron chi connectivity index (χ1n) is 6.32. The SMILES string of the molecule is Cc1cc(C)cc(CSCCC(C)CCCl)c1. The van der Waals surface area contributed by atoms with Crippen molar-refractivity contribution in [2.75, 3.05) is 11.6 Å². The predicted octanol–water partition coefficient (Wildman–Crippen LogP) is 5.19. The van der Waals surface area contributed by atoms with E-state index in [4.69, 9.17) is 11.6 Å². The van der Waals surface area contributed by atoms with Gasteiger partial charge in [-0.25, -0.2) is 0 Å². The number of rotatable bonds is 7. The van der Waals surface area contributed by atoms with Gasteiger partial charge in [0.2, 0.25) is 0 Å². The van der Waals surface area contributed by atoms with Gasteiger partial charge in [0.1, 0.15) is 0 Å². The van der Waals surface area contributed by atoms with Crippen LogP contribution >= 0.6 is 23.4 Å². The van der Waals surface area contributed by atoms with Crippen LogP contribution in [0.4, 0.5) is 0 Å². The van der Waals surface area contributed by atoms with Crippen LogP contribution in [0.25, 0.3) is 0 Å². The Morgan fingerprint density at radius 3 is 2.35 bits per heavy atom. The molecular weight excluding hydrogens is 248 g/mol. The number of thioether (sulfide) groups is 1. The maximum atomic E-state index is 5.73. The smallest absolute Gasteiger partial charge is 0.0225 e. The van der Waals surface area contributed by atoms with Gasteiger partial charge in [-0.05, 0) is 43.9 Å². The minimum absolute atomic E-state index is 0.763. The van der Waals surface area contributed by atoms with Gasteiger partial charge in [-0.15, -0.1) is 11.6 Å². The molecule has 1 aromatic carbocycles. The van der Waals surface area contributed by atoms with E-state index in [0.29, 0.717) is 0 Å². The van der Waals surface area contributed by atoms with Gasteiger partial charge in [0.25, 0.3) is 0 Å². The van der Waals surface area contributed by atoms with Gasteiger partial charge in [0.05, 0.1) is 0 Å². The summed E-state index contributed by atoms with van der Waals surface area (Å²) in [4.78, 5) is 0. The topological polar surface area (TPSA) is 0 Å². The molecule has 17 heavy (non-hydrogen) atoms. The highest BCUT2D eigenvalue weighted by Crippen LogP contribution is 2.19. The number of benzene rings is 1. The second-order valence-corrected chi connectivity index (χ2v) is 6.40. The summed E-state index contributed by atoms with van der Waals surface area (Å²) in [7, 11) is 0. The fraction of sp³-hybridized carbons (Fsp3) is 0.600. The molecule has 0 N–H and O–H groups in total. The van der Waals surface area contributed by atoms with E-state index in [2.05, 4.69) is 39.0 Å². The molecule has 96 valence electrons. The highest BCUT2D eigenvalue weighted by Gasteiger charge is 2.02. The lowest BCUT2D eigenvalue weighted by molar-refractivity contribution is 0.552. The van der Waals surface area contributed by atoms with Crippen molar-refractivity contribution in [2.24, 2.45) is 5.92 Å². The van der Waals surface area contributed by atoms with E-state index in [1.807, 2.05) is 11.8 Å². The Morgan fingerprint density at radius 2 is 1.76 bits per heavy atom. The van der Waals surface area contributed by atoms with Crippen LogP contribution in [0, 0.1) is 19.8 Å². The summed E-state index contributed by atoms with van der Waals surface area (Å²) < 4.78 is 0. The average Bonchev–Trinajstić information content (AvgIpc) is 2.23. The molecule has 0 nitrogen and oxygen atoms in total. The number of alkyl halides is 1. The average molecular weight is 271 g/mol. The van der Waals surface area contributed by atoms with E-state index in [1.165, 1.54) is 28.9 Å². The molecule has 0 aromatic heterocycles. The second-order valence-electron chi connectivity index (χ2n) is 4.92. The highest BCUT2D eigenvalue weighted by molar-refractivity contribution is 7.98. The summed E-state index contributed by atoms with van der Waals surface area (Å²) in [6, 6.07) is 6.82. The fourth-order valence-corrected chi connectivity index (χ4v) is 3.45. The lowest BCUT2D eigenvalue weighted by Crippen LogP contribution is -1.97. The lowest BCUT2D eigenvalue weighted by Gasteiger charge is -2.09. The summed E-state index contributed by atoms with van der Waals surface area (Å²) in [6.07, 6.45) is 2.42. The normalized spacial score (nSPS) is 12.7. The van der Waals surface area contributed by atoms with Gasteiger partial charge in [0, 0.05) is 11.6 Å². The molecule has 0 radical (unpaired) electrons. The third-order valence-corrected chi connectivity index (χ3v) is 4.19. The zero-order chi connectivity index (χ0) is 12.7. The Labute approximate surface area is 115 Å². The molecule has 0 bridgehead atoms. The molecule has 0 fully saturated rings. The van der Waals surface area contributed by atoms with E-state index in [-0.39, 0.29) is 0 Å². The van der Waals surface area contributed by atoms with Crippen LogP contribution in [0.2, 0.25) is 0 Å². The van der Waals surface area contributed by atoms with E-state index < -0.39 is 0 Å².